The van der Waals surface area contributed by atoms with Gasteiger partial charge in [0.25, 0.3) is 0 Å². The number of nitrogens with two attached hydrogens (primary N) is 1. The number of hydrogen-bond acceptors (Lipinski definition) is 5. The van der Waals surface area contributed by atoms with E-state index in [1.54, 1.807) is 0 Å². The van der Waals surface area contributed by atoms with E-state index in [1.165, 1.54) is 0 Å². The highest BCUT2D eigenvalue weighted by Crippen LogP contribution is 2.20. The summed E-state index contributed by atoms with van der Waals surface area (Å²) in [5.74, 6) is 1.42. The van der Waals surface area contributed by atoms with Gasteiger partial charge >= 0.3 is 0 Å². The number of likely N-dealkylation sites (N-methyl/N-ethyl adjacent to an activating group) is 1. The third kappa shape index (κ3) is 4.08. The molecule has 1 aromatic rings. The Kier molecular flexibility index (Phi) is 5.42. The van der Waals surface area contributed by atoms with Crippen molar-refractivity contribution < 1.29 is 0 Å². The van der Waals surface area contributed by atoms with E-state index in [2.05, 4.69) is 41.0 Å². The second-order valence-corrected chi connectivity index (χ2v) is 6.42. The van der Waals surface area contributed by atoms with E-state index in [0.717, 1.165) is 49.8 Å². The zero-order valence-electron chi connectivity index (χ0n) is 13.8. The minimum absolute atomic E-state index is 0.514. The summed E-state index contributed by atoms with van der Waals surface area (Å²) in [7, 11) is 2.19. The van der Waals surface area contributed by atoms with Crippen LogP contribution in [0.25, 0.3) is 0 Å². The number of aromatic nitrogens is 1. The second-order valence-electron chi connectivity index (χ2n) is 6.42. The molecule has 0 bridgehead atoms. The molecule has 1 atom stereocenters. The molecule has 2 rings (SSSR count). The van der Waals surface area contributed by atoms with Gasteiger partial charge in [-0.15, -0.1) is 0 Å². The van der Waals surface area contributed by atoms with E-state index < -0.39 is 0 Å². The van der Waals surface area contributed by atoms with Gasteiger partial charge in [0.15, 0.2) is 0 Å². The lowest BCUT2D eigenvalue weighted by molar-refractivity contribution is 0.0944. The zero-order chi connectivity index (χ0) is 15.4. The van der Waals surface area contributed by atoms with Crippen LogP contribution >= 0.6 is 0 Å². The van der Waals surface area contributed by atoms with Crippen molar-refractivity contribution in [3.63, 3.8) is 0 Å². The Morgan fingerprint density at radius 3 is 2.57 bits per heavy atom. The molecule has 118 valence electrons. The average Bonchev–Trinajstić information content (AvgIpc) is 2.45. The van der Waals surface area contributed by atoms with Gasteiger partial charge < -0.3 is 16.0 Å². The minimum atomic E-state index is 0.514. The minimum Gasteiger partial charge on any atom is -0.396 e. The fraction of sp³-hybridized carbons (Fsp3) is 0.688. The van der Waals surface area contributed by atoms with E-state index in [0.29, 0.717) is 12.0 Å². The molecule has 5 heteroatoms. The van der Waals surface area contributed by atoms with Crippen LogP contribution < -0.4 is 11.1 Å². The number of aryl methyl sites for hydroxylation is 1. The van der Waals surface area contributed by atoms with Crippen LogP contribution in [-0.2, 0) is 0 Å². The molecule has 5 nitrogen and oxygen atoms in total. The average molecular weight is 291 g/mol. The predicted molar refractivity (Wildman–Crippen MR) is 89.6 cm³/mol. The fourth-order valence-corrected chi connectivity index (χ4v) is 2.85. The van der Waals surface area contributed by atoms with Gasteiger partial charge in [0.2, 0.25) is 0 Å². The van der Waals surface area contributed by atoms with E-state index in [-0.39, 0.29) is 0 Å². The van der Waals surface area contributed by atoms with E-state index in [4.69, 9.17) is 5.73 Å². The largest absolute Gasteiger partial charge is 0.396 e. The summed E-state index contributed by atoms with van der Waals surface area (Å²) in [6.07, 6.45) is 1.81. The maximum absolute atomic E-state index is 6.10. The Morgan fingerprint density at radius 2 is 1.95 bits per heavy atom. The molecule has 1 saturated heterocycles. The first kappa shape index (κ1) is 16.0. The normalized spacial score (nSPS) is 18.9. The zero-order valence-corrected chi connectivity index (χ0v) is 13.8. The quantitative estimate of drug-likeness (QED) is 0.864. The Hall–Kier alpha value is -1.33. The number of rotatable bonds is 5. The fourth-order valence-electron chi connectivity index (χ4n) is 2.85. The monoisotopic (exact) mass is 291 g/mol. The molecule has 21 heavy (non-hydrogen) atoms. The van der Waals surface area contributed by atoms with Crippen LogP contribution in [0.1, 0.15) is 19.4 Å². The van der Waals surface area contributed by atoms with Crippen LogP contribution in [0.2, 0.25) is 0 Å². The van der Waals surface area contributed by atoms with E-state index in [9.17, 15) is 0 Å². The topological polar surface area (TPSA) is 57.4 Å². The van der Waals surface area contributed by atoms with Gasteiger partial charge in [-0.25, -0.2) is 4.98 Å². The molecule has 0 saturated carbocycles. The SMILES string of the molecule is Cc1ccnc(NCC(C(C)C)N2CCN(C)CC2)c1N. The first-order valence-electron chi connectivity index (χ1n) is 7.86. The van der Waals surface area contributed by atoms with Crippen molar-refractivity contribution in [3.8, 4) is 0 Å². The molecular weight excluding hydrogens is 262 g/mol. The Bertz CT molecular complexity index is 452. The summed E-state index contributed by atoms with van der Waals surface area (Å²) in [5.41, 5.74) is 7.94. The number of anilines is 2. The molecule has 1 fully saturated rings. The van der Waals surface area contributed by atoms with Gasteiger partial charge in [0, 0.05) is 45.0 Å². The second kappa shape index (κ2) is 7.09. The molecule has 0 aromatic carbocycles. The number of nitrogen functional groups attached to an aromatic ring is 1. The van der Waals surface area contributed by atoms with Crippen LogP contribution in [0, 0.1) is 12.8 Å². The van der Waals surface area contributed by atoms with Crippen molar-refractivity contribution in [1.82, 2.24) is 14.8 Å². The number of pyridine rings is 1. The summed E-state index contributed by atoms with van der Waals surface area (Å²) in [6, 6.07) is 2.46. The first-order chi connectivity index (χ1) is 9.99. The molecule has 1 aliphatic rings. The molecule has 0 spiro atoms. The summed E-state index contributed by atoms with van der Waals surface area (Å²) >= 11 is 0. The van der Waals surface area contributed by atoms with Crippen molar-refractivity contribution in [3.05, 3.63) is 17.8 Å². The lowest BCUT2D eigenvalue weighted by Crippen LogP contribution is -2.52. The van der Waals surface area contributed by atoms with Crippen molar-refractivity contribution >= 4 is 11.5 Å². The summed E-state index contributed by atoms with van der Waals surface area (Å²) in [6.45, 7) is 12.1. The summed E-state index contributed by atoms with van der Waals surface area (Å²) < 4.78 is 0. The Morgan fingerprint density at radius 1 is 1.29 bits per heavy atom. The molecule has 1 unspecified atom stereocenters. The predicted octanol–water partition coefficient (Wildman–Crippen LogP) is 1.66. The molecule has 1 aliphatic heterocycles. The van der Waals surface area contributed by atoms with Gasteiger partial charge in [-0.2, -0.15) is 0 Å². The Balaban J connectivity index is 1.98. The maximum Gasteiger partial charge on any atom is 0.149 e. The van der Waals surface area contributed by atoms with Gasteiger partial charge in [0.05, 0.1) is 5.69 Å². The number of nitrogens with zero attached hydrogens (tertiary/aromatic N) is 3. The van der Waals surface area contributed by atoms with Crippen molar-refractivity contribution in [2.24, 2.45) is 5.92 Å². The standard InChI is InChI=1S/C16H29N5/c1-12(2)14(21-9-7-20(4)8-10-21)11-19-16-15(17)13(3)5-6-18-16/h5-6,12,14H,7-11,17H2,1-4H3,(H,18,19). The van der Waals surface area contributed by atoms with Crippen LogP contribution in [0.4, 0.5) is 11.5 Å². The van der Waals surface area contributed by atoms with Crippen molar-refractivity contribution in [2.75, 3.05) is 50.8 Å². The molecule has 0 amide bonds. The highest BCUT2D eigenvalue weighted by atomic mass is 15.3. The smallest absolute Gasteiger partial charge is 0.149 e. The van der Waals surface area contributed by atoms with Gasteiger partial charge in [-0.05, 0) is 31.5 Å². The van der Waals surface area contributed by atoms with Gasteiger partial charge in [-0.1, -0.05) is 13.8 Å². The Labute approximate surface area is 128 Å². The van der Waals surface area contributed by atoms with Gasteiger partial charge in [-0.3, -0.25) is 4.90 Å². The van der Waals surface area contributed by atoms with Crippen LogP contribution in [-0.4, -0.2) is 60.6 Å². The lowest BCUT2D eigenvalue weighted by Gasteiger charge is -2.40. The highest BCUT2D eigenvalue weighted by Gasteiger charge is 2.25. The number of piperazine rings is 1. The van der Waals surface area contributed by atoms with E-state index in [1.807, 2.05) is 19.2 Å². The third-order valence-corrected chi connectivity index (χ3v) is 4.46. The highest BCUT2D eigenvalue weighted by molar-refractivity contribution is 5.64. The summed E-state index contributed by atoms with van der Waals surface area (Å²) in [5, 5.41) is 3.45. The van der Waals surface area contributed by atoms with E-state index >= 15 is 0 Å². The first-order valence-corrected chi connectivity index (χ1v) is 7.86. The van der Waals surface area contributed by atoms with Crippen LogP contribution in [0.3, 0.4) is 0 Å². The number of nitrogens with one attached hydrogen (secondary N) is 1. The van der Waals surface area contributed by atoms with Gasteiger partial charge in [0.1, 0.15) is 5.82 Å². The molecule has 3 N–H and O–H groups in total. The summed E-state index contributed by atoms with van der Waals surface area (Å²) in [4.78, 5) is 9.34. The molecule has 1 aromatic heterocycles. The molecular formula is C16H29N5. The van der Waals surface area contributed by atoms with Crippen LogP contribution in [0.15, 0.2) is 12.3 Å². The molecule has 0 aliphatic carbocycles. The molecule has 0 radical (unpaired) electrons. The lowest BCUT2D eigenvalue weighted by atomic mass is 10.0. The maximum atomic E-state index is 6.10. The van der Waals surface area contributed by atoms with Crippen molar-refractivity contribution in [2.45, 2.75) is 26.8 Å². The molecule has 2 heterocycles. The number of hydrogen-bond donors (Lipinski definition) is 2. The van der Waals surface area contributed by atoms with Crippen LogP contribution in [0.5, 0.6) is 0 Å². The van der Waals surface area contributed by atoms with Crippen molar-refractivity contribution in [1.29, 1.82) is 0 Å². The third-order valence-electron chi connectivity index (χ3n) is 4.46.